The fourth-order valence-corrected chi connectivity index (χ4v) is 2.68. The van der Waals surface area contributed by atoms with Crippen molar-refractivity contribution in [1.82, 2.24) is 4.90 Å². The summed E-state index contributed by atoms with van der Waals surface area (Å²) >= 11 is 0. The summed E-state index contributed by atoms with van der Waals surface area (Å²) in [7, 11) is 1.71. The second-order valence-corrected chi connectivity index (χ2v) is 5.69. The van der Waals surface area contributed by atoms with Crippen LogP contribution < -0.4 is 0 Å². The number of hydrogen-bond donors (Lipinski definition) is 1. The molecule has 1 N–H and O–H groups in total. The lowest BCUT2D eigenvalue weighted by Crippen LogP contribution is -2.31. The van der Waals surface area contributed by atoms with Gasteiger partial charge in [0.15, 0.2) is 6.10 Å². The first-order chi connectivity index (χ1) is 11.1. The lowest BCUT2D eigenvalue weighted by Gasteiger charge is -2.21. The number of hydrogen-bond acceptors (Lipinski definition) is 2. The molecule has 0 aliphatic heterocycles. The summed E-state index contributed by atoms with van der Waals surface area (Å²) < 4.78 is 0. The molecule has 1 amide bonds. The Morgan fingerprint density at radius 3 is 2.35 bits per heavy atom. The van der Waals surface area contributed by atoms with Gasteiger partial charge in [-0.15, -0.1) is 0 Å². The quantitative estimate of drug-likeness (QED) is 0.801. The molecule has 23 heavy (non-hydrogen) atoms. The van der Waals surface area contributed by atoms with Gasteiger partial charge < -0.3 is 10.0 Å². The van der Waals surface area contributed by atoms with Gasteiger partial charge in [-0.05, 0) is 28.0 Å². The van der Waals surface area contributed by atoms with Crippen LogP contribution in [0.15, 0.2) is 72.8 Å². The number of carbonyl (C=O) groups excluding carboxylic acids is 1. The number of likely N-dealkylation sites (N-methyl/N-ethyl adjacent to an activating group) is 1. The zero-order chi connectivity index (χ0) is 16.2. The number of carbonyl (C=O) groups is 1. The second-order valence-electron chi connectivity index (χ2n) is 5.69. The molecule has 0 aliphatic rings. The van der Waals surface area contributed by atoms with Gasteiger partial charge in [0, 0.05) is 13.6 Å². The Hall–Kier alpha value is -2.65. The van der Waals surface area contributed by atoms with E-state index in [1.54, 1.807) is 24.1 Å². The number of nitrogens with zero attached hydrogens (tertiary/aromatic N) is 1. The molecule has 3 aromatic rings. The minimum atomic E-state index is -1.12. The average Bonchev–Trinajstić information content (AvgIpc) is 2.61. The van der Waals surface area contributed by atoms with Crippen molar-refractivity contribution < 1.29 is 9.90 Å². The number of aliphatic hydroxyl groups excluding tert-OH is 1. The van der Waals surface area contributed by atoms with Crippen LogP contribution in [-0.4, -0.2) is 23.0 Å². The van der Waals surface area contributed by atoms with E-state index in [1.807, 2.05) is 36.4 Å². The lowest BCUT2D eigenvalue weighted by atomic mass is 10.1. The monoisotopic (exact) mass is 305 g/mol. The number of rotatable bonds is 4. The van der Waals surface area contributed by atoms with E-state index in [0.717, 1.165) is 10.9 Å². The summed E-state index contributed by atoms with van der Waals surface area (Å²) in [5.41, 5.74) is 1.66. The molecule has 0 radical (unpaired) electrons. The zero-order valence-corrected chi connectivity index (χ0v) is 13.0. The van der Waals surface area contributed by atoms with E-state index in [-0.39, 0.29) is 5.91 Å². The van der Waals surface area contributed by atoms with Crippen LogP contribution in [0, 0.1) is 0 Å². The molecule has 3 nitrogen and oxygen atoms in total. The van der Waals surface area contributed by atoms with Crippen molar-refractivity contribution in [2.45, 2.75) is 12.6 Å². The maximum Gasteiger partial charge on any atom is 0.256 e. The van der Waals surface area contributed by atoms with Gasteiger partial charge in [-0.25, -0.2) is 0 Å². The van der Waals surface area contributed by atoms with Gasteiger partial charge in [-0.3, -0.25) is 4.79 Å². The van der Waals surface area contributed by atoms with Gasteiger partial charge in [0.05, 0.1) is 0 Å². The summed E-state index contributed by atoms with van der Waals surface area (Å²) in [6.45, 7) is 0.466. The van der Waals surface area contributed by atoms with Gasteiger partial charge in [0.25, 0.3) is 5.91 Å². The molecule has 0 saturated carbocycles. The summed E-state index contributed by atoms with van der Waals surface area (Å²) in [5, 5.41) is 12.5. The van der Waals surface area contributed by atoms with Crippen LogP contribution in [0.5, 0.6) is 0 Å². The molecular weight excluding hydrogens is 286 g/mol. The number of amides is 1. The highest BCUT2D eigenvalue weighted by atomic mass is 16.3. The molecular formula is C20H19NO2. The Morgan fingerprint density at radius 1 is 0.957 bits per heavy atom. The van der Waals surface area contributed by atoms with Crippen molar-refractivity contribution in [3.63, 3.8) is 0 Å². The molecule has 1 unspecified atom stereocenters. The van der Waals surface area contributed by atoms with Gasteiger partial charge in [-0.2, -0.15) is 0 Å². The van der Waals surface area contributed by atoms with E-state index in [9.17, 15) is 9.90 Å². The van der Waals surface area contributed by atoms with Crippen LogP contribution >= 0.6 is 0 Å². The van der Waals surface area contributed by atoms with Crippen molar-refractivity contribution in [2.24, 2.45) is 0 Å². The average molecular weight is 305 g/mol. The Labute approximate surface area is 135 Å². The first kappa shape index (κ1) is 15.3. The van der Waals surface area contributed by atoms with Gasteiger partial charge in [0.1, 0.15) is 0 Å². The largest absolute Gasteiger partial charge is 0.378 e. The van der Waals surface area contributed by atoms with E-state index >= 15 is 0 Å². The highest BCUT2D eigenvalue weighted by Gasteiger charge is 2.21. The minimum absolute atomic E-state index is 0.302. The van der Waals surface area contributed by atoms with Crippen molar-refractivity contribution in [2.75, 3.05) is 7.05 Å². The highest BCUT2D eigenvalue weighted by Crippen LogP contribution is 2.19. The predicted octanol–water partition coefficient (Wildman–Crippen LogP) is 3.53. The summed E-state index contributed by atoms with van der Waals surface area (Å²) in [6, 6.07) is 23.3. The summed E-state index contributed by atoms with van der Waals surface area (Å²) in [6.07, 6.45) is -1.12. The van der Waals surface area contributed by atoms with Crippen LogP contribution in [-0.2, 0) is 11.3 Å². The second kappa shape index (κ2) is 6.63. The molecule has 0 saturated heterocycles. The Kier molecular flexibility index (Phi) is 4.40. The third kappa shape index (κ3) is 3.41. The minimum Gasteiger partial charge on any atom is -0.378 e. The van der Waals surface area contributed by atoms with E-state index < -0.39 is 6.10 Å². The van der Waals surface area contributed by atoms with E-state index in [2.05, 4.69) is 24.3 Å². The van der Waals surface area contributed by atoms with Crippen molar-refractivity contribution >= 4 is 16.7 Å². The molecule has 3 aromatic carbocycles. The van der Waals surface area contributed by atoms with Crippen LogP contribution in [0.2, 0.25) is 0 Å². The summed E-state index contributed by atoms with van der Waals surface area (Å²) in [4.78, 5) is 13.9. The van der Waals surface area contributed by atoms with E-state index in [0.29, 0.717) is 12.1 Å². The standard InChI is InChI=1S/C20H19NO2/c1-21(20(23)19(22)17-8-3-2-4-9-17)14-15-11-12-16-7-5-6-10-18(16)13-15/h2-13,19,22H,14H2,1H3. The molecule has 0 fully saturated rings. The van der Waals surface area contributed by atoms with Crippen molar-refractivity contribution in [3.05, 3.63) is 83.9 Å². The maximum absolute atomic E-state index is 12.4. The van der Waals surface area contributed by atoms with Crippen LogP contribution in [0.4, 0.5) is 0 Å². The molecule has 116 valence electrons. The van der Waals surface area contributed by atoms with Gasteiger partial charge >= 0.3 is 0 Å². The zero-order valence-electron chi connectivity index (χ0n) is 13.0. The fourth-order valence-electron chi connectivity index (χ4n) is 2.68. The first-order valence-electron chi connectivity index (χ1n) is 7.61. The Morgan fingerprint density at radius 2 is 1.61 bits per heavy atom. The van der Waals surface area contributed by atoms with Crippen LogP contribution in [0.25, 0.3) is 10.8 Å². The SMILES string of the molecule is CN(Cc1ccc2ccccc2c1)C(=O)C(O)c1ccccc1. The Bertz CT molecular complexity index is 814. The number of aliphatic hydroxyl groups is 1. The topological polar surface area (TPSA) is 40.5 Å². The lowest BCUT2D eigenvalue weighted by molar-refractivity contribution is -0.139. The molecule has 3 heteroatoms. The van der Waals surface area contributed by atoms with Crippen molar-refractivity contribution in [3.8, 4) is 0 Å². The summed E-state index contributed by atoms with van der Waals surface area (Å²) in [5.74, 6) is -0.302. The molecule has 0 bridgehead atoms. The van der Waals surface area contributed by atoms with Crippen LogP contribution in [0.3, 0.4) is 0 Å². The molecule has 0 spiro atoms. The smallest absolute Gasteiger partial charge is 0.256 e. The van der Waals surface area contributed by atoms with Gasteiger partial charge in [-0.1, -0.05) is 66.7 Å². The number of fused-ring (bicyclic) bond motifs is 1. The molecule has 1 atom stereocenters. The molecule has 0 aromatic heterocycles. The molecule has 0 heterocycles. The third-order valence-electron chi connectivity index (χ3n) is 3.96. The van der Waals surface area contributed by atoms with Gasteiger partial charge in [0.2, 0.25) is 0 Å². The Balaban J connectivity index is 1.74. The normalized spacial score (nSPS) is 12.1. The maximum atomic E-state index is 12.4. The van der Waals surface area contributed by atoms with Crippen LogP contribution in [0.1, 0.15) is 17.2 Å². The van der Waals surface area contributed by atoms with E-state index in [1.165, 1.54) is 5.39 Å². The number of benzene rings is 3. The highest BCUT2D eigenvalue weighted by molar-refractivity contribution is 5.84. The third-order valence-corrected chi connectivity index (χ3v) is 3.96. The predicted molar refractivity (Wildman–Crippen MR) is 91.8 cm³/mol. The molecule has 3 rings (SSSR count). The fraction of sp³-hybridized carbons (Fsp3) is 0.150. The first-order valence-corrected chi connectivity index (χ1v) is 7.61. The van der Waals surface area contributed by atoms with E-state index in [4.69, 9.17) is 0 Å². The van der Waals surface area contributed by atoms with Crippen molar-refractivity contribution in [1.29, 1.82) is 0 Å². The molecule has 0 aliphatic carbocycles.